The number of carbonyl (C=O) groups excluding carboxylic acids is 1. The van der Waals surface area contributed by atoms with Crippen LogP contribution in [-0.4, -0.2) is 45.3 Å². The van der Waals surface area contributed by atoms with E-state index in [4.69, 9.17) is 9.47 Å². The molecule has 0 bridgehead atoms. The maximum absolute atomic E-state index is 11.2. The van der Waals surface area contributed by atoms with Crippen LogP contribution in [-0.2, 0) is 9.53 Å². The van der Waals surface area contributed by atoms with E-state index in [0.717, 1.165) is 56.9 Å². The molecule has 1 rings (SSSR count). The molecular weight excluding hydrogens is 457 g/mol. The summed E-state index contributed by atoms with van der Waals surface area (Å²) in [5.74, 6) is 1.63. The average molecular weight is 491 g/mol. The Balaban J connectivity index is 0.00000676. The van der Waals surface area contributed by atoms with Crippen molar-refractivity contribution in [2.45, 2.75) is 45.4 Å². The van der Waals surface area contributed by atoms with Crippen LogP contribution in [0.15, 0.2) is 35.3 Å². The first-order valence-electron chi connectivity index (χ1n) is 9.54. The maximum Gasteiger partial charge on any atom is 0.305 e. The molecule has 0 aliphatic carbocycles. The van der Waals surface area contributed by atoms with E-state index in [9.17, 15) is 4.79 Å². The van der Waals surface area contributed by atoms with Gasteiger partial charge in [-0.05, 0) is 38.3 Å². The van der Waals surface area contributed by atoms with Gasteiger partial charge in [0.25, 0.3) is 0 Å². The van der Waals surface area contributed by atoms with E-state index in [1.54, 1.807) is 7.05 Å². The van der Waals surface area contributed by atoms with Crippen molar-refractivity contribution < 1.29 is 14.3 Å². The van der Waals surface area contributed by atoms with E-state index in [2.05, 4.69) is 15.6 Å². The summed E-state index contributed by atoms with van der Waals surface area (Å²) >= 11 is 0. The number of carbonyl (C=O) groups is 1. The Hall–Kier alpha value is -1.51. The van der Waals surface area contributed by atoms with Crippen molar-refractivity contribution in [1.82, 2.24) is 10.6 Å². The van der Waals surface area contributed by atoms with Crippen LogP contribution in [0.3, 0.4) is 0 Å². The van der Waals surface area contributed by atoms with Crippen LogP contribution >= 0.6 is 24.0 Å². The van der Waals surface area contributed by atoms with E-state index >= 15 is 0 Å². The number of unbranched alkanes of at least 4 members (excludes halogenated alkanes) is 3. The van der Waals surface area contributed by atoms with Crippen molar-refractivity contribution in [1.29, 1.82) is 0 Å². The molecule has 6 nitrogen and oxygen atoms in total. The van der Waals surface area contributed by atoms with Gasteiger partial charge in [0.05, 0.1) is 13.2 Å². The normalized spacial score (nSPS) is 10.7. The van der Waals surface area contributed by atoms with E-state index in [1.807, 2.05) is 37.3 Å². The lowest BCUT2D eigenvalue weighted by Crippen LogP contribution is -2.38. The van der Waals surface area contributed by atoms with Gasteiger partial charge in [-0.1, -0.05) is 31.0 Å². The van der Waals surface area contributed by atoms with Crippen LogP contribution in [0.1, 0.15) is 45.4 Å². The molecule has 0 fully saturated rings. The Morgan fingerprint density at radius 2 is 1.67 bits per heavy atom. The van der Waals surface area contributed by atoms with Gasteiger partial charge in [-0.25, -0.2) is 0 Å². The molecule has 1 aromatic carbocycles. The maximum atomic E-state index is 11.2. The molecule has 2 N–H and O–H groups in total. The van der Waals surface area contributed by atoms with Crippen LogP contribution < -0.4 is 15.4 Å². The van der Waals surface area contributed by atoms with Crippen molar-refractivity contribution >= 4 is 35.9 Å². The molecule has 0 saturated heterocycles. The molecule has 0 radical (unpaired) electrons. The van der Waals surface area contributed by atoms with Crippen molar-refractivity contribution in [3.8, 4) is 5.75 Å². The lowest BCUT2D eigenvalue weighted by molar-refractivity contribution is -0.143. The molecule has 0 heterocycles. The molecule has 0 spiro atoms. The molecule has 0 aliphatic rings. The minimum atomic E-state index is -0.0912. The van der Waals surface area contributed by atoms with Gasteiger partial charge in [0.15, 0.2) is 5.96 Å². The third-order valence-electron chi connectivity index (χ3n) is 3.75. The molecule has 0 saturated carbocycles. The summed E-state index contributed by atoms with van der Waals surface area (Å²) in [6.07, 6.45) is 5.52. The number of benzene rings is 1. The fourth-order valence-corrected chi connectivity index (χ4v) is 2.39. The SMILES string of the molecule is CCOC(=O)CCCCCCNC(=NC)NCCCOc1ccccc1.I. The largest absolute Gasteiger partial charge is 0.494 e. The zero-order valence-electron chi connectivity index (χ0n) is 16.5. The third kappa shape index (κ3) is 14.2. The van der Waals surface area contributed by atoms with Crippen LogP contribution in [0.5, 0.6) is 5.75 Å². The number of aliphatic imine (C=N–C) groups is 1. The molecule has 0 aliphatic heterocycles. The molecular formula is C20H34IN3O3. The first-order chi connectivity index (χ1) is 12.8. The van der Waals surface area contributed by atoms with Gasteiger partial charge in [-0.2, -0.15) is 0 Å². The van der Waals surface area contributed by atoms with Crippen LogP contribution in [0.4, 0.5) is 0 Å². The number of halogens is 1. The molecule has 0 amide bonds. The molecule has 0 atom stereocenters. The third-order valence-corrected chi connectivity index (χ3v) is 3.75. The summed E-state index contributed by atoms with van der Waals surface area (Å²) in [5.41, 5.74) is 0. The topological polar surface area (TPSA) is 72.0 Å². The smallest absolute Gasteiger partial charge is 0.305 e. The van der Waals surface area contributed by atoms with E-state index in [0.29, 0.717) is 19.6 Å². The zero-order chi connectivity index (χ0) is 18.9. The summed E-state index contributed by atoms with van der Waals surface area (Å²) in [6.45, 7) is 4.66. The second-order valence-electron chi connectivity index (χ2n) is 5.91. The Bertz CT molecular complexity index is 512. The number of ether oxygens (including phenoxy) is 2. The zero-order valence-corrected chi connectivity index (χ0v) is 18.9. The van der Waals surface area contributed by atoms with Crippen molar-refractivity contribution in [3.05, 3.63) is 30.3 Å². The molecule has 0 unspecified atom stereocenters. The van der Waals surface area contributed by atoms with E-state index < -0.39 is 0 Å². The molecule has 0 aromatic heterocycles. The van der Waals surface area contributed by atoms with Crippen LogP contribution in [0.25, 0.3) is 0 Å². The van der Waals surface area contributed by atoms with Gasteiger partial charge in [0.2, 0.25) is 0 Å². The highest BCUT2D eigenvalue weighted by Crippen LogP contribution is 2.08. The number of hydrogen-bond acceptors (Lipinski definition) is 4. The molecule has 27 heavy (non-hydrogen) atoms. The van der Waals surface area contributed by atoms with Crippen molar-refractivity contribution in [3.63, 3.8) is 0 Å². The monoisotopic (exact) mass is 491 g/mol. The molecule has 1 aromatic rings. The quantitative estimate of drug-likeness (QED) is 0.145. The van der Waals surface area contributed by atoms with Gasteiger partial charge in [-0.3, -0.25) is 9.79 Å². The summed E-state index contributed by atoms with van der Waals surface area (Å²) in [5, 5.41) is 6.59. The fourth-order valence-electron chi connectivity index (χ4n) is 2.39. The summed E-state index contributed by atoms with van der Waals surface area (Å²) in [7, 11) is 1.77. The highest BCUT2D eigenvalue weighted by molar-refractivity contribution is 14.0. The molecule has 7 heteroatoms. The lowest BCUT2D eigenvalue weighted by Gasteiger charge is -2.12. The Labute approximate surface area is 180 Å². The number of rotatable bonds is 13. The van der Waals surface area contributed by atoms with Crippen molar-refractivity contribution in [2.75, 3.05) is 33.4 Å². The summed E-state index contributed by atoms with van der Waals surface area (Å²) < 4.78 is 10.6. The first-order valence-corrected chi connectivity index (χ1v) is 9.54. The number of hydrogen-bond donors (Lipinski definition) is 2. The fraction of sp³-hybridized carbons (Fsp3) is 0.600. The van der Waals surface area contributed by atoms with Crippen molar-refractivity contribution in [2.24, 2.45) is 4.99 Å². The average Bonchev–Trinajstić information content (AvgIpc) is 2.66. The Kier molecular flexibility index (Phi) is 16.9. The lowest BCUT2D eigenvalue weighted by atomic mass is 10.1. The summed E-state index contributed by atoms with van der Waals surface area (Å²) in [4.78, 5) is 15.4. The van der Waals surface area contributed by atoms with Crippen LogP contribution in [0.2, 0.25) is 0 Å². The van der Waals surface area contributed by atoms with Crippen LogP contribution in [0, 0.1) is 0 Å². The van der Waals surface area contributed by atoms with Gasteiger partial charge >= 0.3 is 5.97 Å². The number of esters is 1. The number of nitrogens with zero attached hydrogens (tertiary/aromatic N) is 1. The van der Waals surface area contributed by atoms with Gasteiger partial charge < -0.3 is 20.1 Å². The second kappa shape index (κ2) is 17.9. The number of para-hydroxylation sites is 1. The van der Waals surface area contributed by atoms with Gasteiger partial charge in [0, 0.05) is 26.6 Å². The minimum Gasteiger partial charge on any atom is -0.494 e. The number of nitrogens with one attached hydrogen (secondary N) is 2. The Morgan fingerprint density at radius 1 is 1.00 bits per heavy atom. The minimum absolute atomic E-state index is 0. The standard InChI is InChI=1S/C20H33N3O3.HI/c1-3-25-19(24)14-9-4-5-10-15-22-20(21-2)23-16-11-17-26-18-12-7-6-8-13-18;/h6-8,12-13H,3-5,9-11,14-17H2,1-2H3,(H2,21,22,23);1H. The molecule has 154 valence electrons. The van der Waals surface area contributed by atoms with E-state index in [-0.39, 0.29) is 29.9 Å². The van der Waals surface area contributed by atoms with Gasteiger partial charge in [-0.15, -0.1) is 24.0 Å². The predicted octanol–water partition coefficient (Wildman–Crippen LogP) is 3.75. The highest BCUT2D eigenvalue weighted by atomic mass is 127. The Morgan fingerprint density at radius 3 is 2.33 bits per heavy atom. The first kappa shape index (κ1) is 25.5. The van der Waals surface area contributed by atoms with Gasteiger partial charge in [0.1, 0.15) is 5.75 Å². The van der Waals surface area contributed by atoms with E-state index in [1.165, 1.54) is 0 Å². The predicted molar refractivity (Wildman–Crippen MR) is 121 cm³/mol. The summed E-state index contributed by atoms with van der Waals surface area (Å²) in [6, 6.07) is 9.83. The number of guanidine groups is 1. The second-order valence-corrected chi connectivity index (χ2v) is 5.91. The highest BCUT2D eigenvalue weighted by Gasteiger charge is 2.01.